The van der Waals surface area contributed by atoms with Gasteiger partial charge in [0.25, 0.3) is 0 Å². The van der Waals surface area contributed by atoms with Crippen LogP contribution in [-0.4, -0.2) is 72.5 Å². The second kappa shape index (κ2) is 10.4. The molecule has 148 valence electrons. The number of esters is 1. The van der Waals surface area contributed by atoms with Gasteiger partial charge in [0.05, 0.1) is 12.9 Å². The number of nitrogens with one attached hydrogen (secondary N) is 1. The van der Waals surface area contributed by atoms with E-state index in [0.717, 1.165) is 5.56 Å². The summed E-state index contributed by atoms with van der Waals surface area (Å²) in [7, 11) is 1.34. The average Bonchev–Trinajstić information content (AvgIpc) is 2.67. The molecule has 1 aromatic rings. The number of amides is 3. The van der Waals surface area contributed by atoms with Crippen LogP contribution < -0.4 is 5.32 Å². The van der Waals surface area contributed by atoms with E-state index in [1.54, 1.807) is 15.9 Å². The molecule has 1 aliphatic rings. The van der Waals surface area contributed by atoms with E-state index in [0.29, 0.717) is 49.1 Å². The average molecular weight is 414 g/mol. The normalized spacial score (nSPS) is 14.0. The molecule has 9 heteroatoms. The number of anilines is 1. The summed E-state index contributed by atoms with van der Waals surface area (Å²) < 4.78 is 4.56. The summed E-state index contributed by atoms with van der Waals surface area (Å²) in [5.41, 5.74) is 1.60. The first-order valence-electron chi connectivity index (χ1n) is 8.65. The molecule has 2 rings (SSSR count). The Morgan fingerprint density at radius 2 is 1.85 bits per heavy atom. The van der Waals surface area contributed by atoms with Gasteiger partial charge in [0.2, 0.25) is 5.91 Å². The van der Waals surface area contributed by atoms with Crippen LogP contribution in [0, 0.1) is 6.92 Å². The van der Waals surface area contributed by atoms with Crippen molar-refractivity contribution in [1.82, 2.24) is 9.80 Å². The molecule has 0 aliphatic carbocycles. The fraction of sp³-hybridized carbons (Fsp3) is 0.500. The van der Waals surface area contributed by atoms with Gasteiger partial charge in [0.1, 0.15) is 0 Å². The molecule has 0 spiro atoms. The number of halogens is 1. The summed E-state index contributed by atoms with van der Waals surface area (Å²) in [5.74, 6) is 0.573. The van der Waals surface area contributed by atoms with Crippen molar-refractivity contribution in [2.24, 2.45) is 0 Å². The van der Waals surface area contributed by atoms with E-state index < -0.39 is 0 Å². The van der Waals surface area contributed by atoms with E-state index in [-0.39, 0.29) is 23.7 Å². The van der Waals surface area contributed by atoms with Gasteiger partial charge in [-0.05, 0) is 24.6 Å². The monoisotopic (exact) mass is 413 g/mol. The highest BCUT2D eigenvalue weighted by Gasteiger charge is 2.24. The Hall–Kier alpha value is -1.93. The Labute approximate surface area is 168 Å². The van der Waals surface area contributed by atoms with Crippen molar-refractivity contribution in [3.63, 3.8) is 0 Å². The predicted molar refractivity (Wildman–Crippen MR) is 107 cm³/mol. The first-order valence-corrected chi connectivity index (χ1v) is 10.2. The number of aryl methyl sites for hydroxylation is 1. The highest BCUT2D eigenvalue weighted by Crippen LogP contribution is 2.20. The first kappa shape index (κ1) is 21.4. The Balaban J connectivity index is 1.72. The lowest BCUT2D eigenvalue weighted by Gasteiger charge is -2.34. The van der Waals surface area contributed by atoms with Crippen LogP contribution in [0.15, 0.2) is 18.2 Å². The lowest BCUT2D eigenvalue weighted by Crippen LogP contribution is -2.51. The van der Waals surface area contributed by atoms with Crippen molar-refractivity contribution in [2.45, 2.75) is 13.3 Å². The zero-order valence-electron chi connectivity index (χ0n) is 15.5. The second-order valence-corrected chi connectivity index (χ2v) is 7.65. The van der Waals surface area contributed by atoms with Crippen LogP contribution in [-0.2, 0) is 14.3 Å². The Morgan fingerprint density at radius 3 is 2.48 bits per heavy atom. The molecular weight excluding hydrogens is 390 g/mol. The summed E-state index contributed by atoms with van der Waals surface area (Å²) in [6, 6.07) is 5.19. The van der Waals surface area contributed by atoms with Crippen LogP contribution >= 0.6 is 23.4 Å². The van der Waals surface area contributed by atoms with Crippen molar-refractivity contribution >= 4 is 47.0 Å². The number of hydrogen-bond acceptors (Lipinski definition) is 5. The van der Waals surface area contributed by atoms with E-state index in [2.05, 4.69) is 10.1 Å². The van der Waals surface area contributed by atoms with Crippen molar-refractivity contribution < 1.29 is 19.1 Å². The summed E-state index contributed by atoms with van der Waals surface area (Å²) >= 11 is 7.46. The molecular formula is C18H24ClN3O4S. The number of rotatable bonds is 6. The highest BCUT2D eigenvalue weighted by molar-refractivity contribution is 7.99. The number of thioether (sulfide) groups is 1. The maximum Gasteiger partial charge on any atom is 0.321 e. The number of nitrogens with zero attached hydrogens (tertiary/aromatic N) is 2. The van der Waals surface area contributed by atoms with Gasteiger partial charge in [-0.25, -0.2) is 4.79 Å². The quantitative estimate of drug-likeness (QED) is 0.573. The third-order valence-corrected chi connectivity index (χ3v) is 5.59. The van der Waals surface area contributed by atoms with Gasteiger partial charge in [-0.1, -0.05) is 17.7 Å². The van der Waals surface area contributed by atoms with Gasteiger partial charge in [-0.15, -0.1) is 11.8 Å². The summed E-state index contributed by atoms with van der Waals surface area (Å²) in [4.78, 5) is 39.1. The van der Waals surface area contributed by atoms with Gasteiger partial charge in [-0.3, -0.25) is 9.59 Å². The lowest BCUT2D eigenvalue weighted by atomic mass is 10.2. The zero-order chi connectivity index (χ0) is 19.8. The molecule has 1 saturated heterocycles. The third kappa shape index (κ3) is 6.62. The largest absolute Gasteiger partial charge is 0.468 e. The molecule has 0 bridgehead atoms. The minimum atomic E-state index is -0.290. The van der Waals surface area contributed by atoms with Crippen LogP contribution in [0.2, 0.25) is 5.02 Å². The molecule has 0 aromatic heterocycles. The summed E-state index contributed by atoms with van der Waals surface area (Å²) in [6.45, 7) is 3.86. The molecule has 1 aromatic carbocycles. The van der Waals surface area contributed by atoms with Crippen LogP contribution in [0.5, 0.6) is 0 Å². The van der Waals surface area contributed by atoms with Crippen LogP contribution in [0.4, 0.5) is 10.5 Å². The van der Waals surface area contributed by atoms with Gasteiger partial charge < -0.3 is 19.9 Å². The van der Waals surface area contributed by atoms with Gasteiger partial charge in [0, 0.05) is 49.1 Å². The van der Waals surface area contributed by atoms with E-state index >= 15 is 0 Å². The van der Waals surface area contributed by atoms with Crippen LogP contribution in [0.3, 0.4) is 0 Å². The molecule has 1 heterocycles. The number of carbonyl (C=O) groups is 3. The van der Waals surface area contributed by atoms with Gasteiger partial charge in [-0.2, -0.15) is 0 Å². The number of urea groups is 1. The predicted octanol–water partition coefficient (Wildman–Crippen LogP) is 2.62. The minimum absolute atomic E-state index is 0.0396. The summed E-state index contributed by atoms with van der Waals surface area (Å²) in [5, 5.41) is 3.44. The topological polar surface area (TPSA) is 79.0 Å². The van der Waals surface area contributed by atoms with Gasteiger partial charge >= 0.3 is 12.0 Å². The van der Waals surface area contributed by atoms with Crippen molar-refractivity contribution in [3.8, 4) is 0 Å². The molecule has 1 fully saturated rings. The Kier molecular flexibility index (Phi) is 8.24. The molecule has 0 radical (unpaired) electrons. The molecule has 1 N–H and O–H groups in total. The molecule has 0 unspecified atom stereocenters. The van der Waals surface area contributed by atoms with Gasteiger partial charge in [0.15, 0.2) is 0 Å². The molecule has 0 saturated carbocycles. The fourth-order valence-corrected chi connectivity index (χ4v) is 3.49. The van der Waals surface area contributed by atoms with E-state index in [9.17, 15) is 14.4 Å². The van der Waals surface area contributed by atoms with Crippen LogP contribution in [0.25, 0.3) is 0 Å². The number of methoxy groups -OCH3 is 1. The Morgan fingerprint density at radius 1 is 1.19 bits per heavy atom. The van der Waals surface area contributed by atoms with Crippen molar-refractivity contribution in [2.75, 3.05) is 50.1 Å². The molecule has 0 atom stereocenters. The van der Waals surface area contributed by atoms with Crippen molar-refractivity contribution in [3.05, 3.63) is 28.8 Å². The molecule has 27 heavy (non-hydrogen) atoms. The lowest BCUT2D eigenvalue weighted by molar-refractivity contribution is -0.137. The standard InChI is InChI=1S/C18H24ClN3O4S/c1-13-3-4-14(11-15(13)19)20-18(25)22-8-6-21(7-9-22)16(23)5-10-27-12-17(24)26-2/h3-4,11H,5-10,12H2,1-2H3,(H,20,25). The maximum atomic E-state index is 12.4. The second-order valence-electron chi connectivity index (χ2n) is 6.14. The van der Waals surface area contributed by atoms with E-state index in [1.165, 1.54) is 18.9 Å². The Bertz CT molecular complexity index is 693. The summed E-state index contributed by atoms with van der Waals surface area (Å²) in [6.07, 6.45) is 0.371. The minimum Gasteiger partial charge on any atom is -0.468 e. The number of hydrogen-bond donors (Lipinski definition) is 1. The van der Waals surface area contributed by atoms with Crippen LogP contribution in [0.1, 0.15) is 12.0 Å². The molecule has 1 aliphatic heterocycles. The van der Waals surface area contributed by atoms with E-state index in [4.69, 9.17) is 11.6 Å². The number of benzene rings is 1. The molecule has 3 amide bonds. The third-order valence-electron chi connectivity index (χ3n) is 4.25. The smallest absolute Gasteiger partial charge is 0.321 e. The van der Waals surface area contributed by atoms with E-state index in [1.807, 2.05) is 19.1 Å². The van der Waals surface area contributed by atoms with Crippen molar-refractivity contribution in [1.29, 1.82) is 0 Å². The fourth-order valence-electron chi connectivity index (χ4n) is 2.56. The molecule has 7 nitrogen and oxygen atoms in total. The maximum absolute atomic E-state index is 12.4. The number of carbonyl (C=O) groups excluding carboxylic acids is 3. The SMILES string of the molecule is COC(=O)CSCCC(=O)N1CCN(C(=O)Nc2ccc(C)c(Cl)c2)CC1. The highest BCUT2D eigenvalue weighted by atomic mass is 35.5. The number of piperazine rings is 1. The first-order chi connectivity index (χ1) is 12.9. The number of ether oxygens (including phenoxy) is 1. The zero-order valence-corrected chi connectivity index (χ0v) is 17.1.